The van der Waals surface area contributed by atoms with E-state index >= 15 is 0 Å². The van der Waals surface area contributed by atoms with Crippen LogP contribution in [0.5, 0.6) is 5.88 Å². The van der Waals surface area contributed by atoms with Crippen molar-refractivity contribution in [2.45, 2.75) is 27.6 Å². The molecular weight excluding hydrogens is 486 g/mol. The Morgan fingerprint density at radius 1 is 1.06 bits per heavy atom. The molecule has 5 rings (SSSR count). The molecule has 35 heavy (non-hydrogen) atoms. The zero-order valence-corrected chi connectivity index (χ0v) is 19.8. The molecular formula is C24H21N5O4S2. The van der Waals surface area contributed by atoms with Crippen LogP contribution in [0.4, 0.5) is 5.95 Å². The number of hydrogen-bond acceptors (Lipinski definition) is 9. The SMILES string of the molecule is Nc1nc(O)cc(SC2=C(C(=O)O)N3C(=O)C(N)C3SC2C(c2ccccc2)c2ccccc2)n1. The first-order chi connectivity index (χ1) is 16.8. The fourth-order valence-corrected chi connectivity index (χ4v) is 7.34. The first kappa shape index (κ1) is 23.2. The van der Waals surface area contributed by atoms with Crippen LogP contribution in [0.1, 0.15) is 17.0 Å². The van der Waals surface area contributed by atoms with Crippen LogP contribution in [-0.4, -0.2) is 53.6 Å². The topological polar surface area (TPSA) is 156 Å². The normalized spacial score (nSPS) is 21.6. The third-order valence-corrected chi connectivity index (χ3v) is 8.67. The third kappa shape index (κ3) is 4.22. The van der Waals surface area contributed by atoms with E-state index < -0.39 is 28.5 Å². The van der Waals surface area contributed by atoms with Crippen LogP contribution in [0.25, 0.3) is 0 Å². The number of benzene rings is 2. The first-order valence-electron chi connectivity index (χ1n) is 10.7. The van der Waals surface area contributed by atoms with E-state index in [1.165, 1.54) is 22.7 Å². The number of aliphatic carboxylic acids is 1. The van der Waals surface area contributed by atoms with Gasteiger partial charge in [-0.25, -0.2) is 9.78 Å². The van der Waals surface area contributed by atoms with Crippen LogP contribution in [0, 0.1) is 0 Å². The average Bonchev–Trinajstić information content (AvgIpc) is 2.84. The number of fused-ring (bicyclic) bond motifs is 1. The van der Waals surface area contributed by atoms with Gasteiger partial charge in [0.1, 0.15) is 22.1 Å². The van der Waals surface area contributed by atoms with Crippen LogP contribution in [0.15, 0.2) is 82.4 Å². The average molecular weight is 508 g/mol. The van der Waals surface area contributed by atoms with Gasteiger partial charge in [0.2, 0.25) is 17.7 Å². The van der Waals surface area contributed by atoms with Crippen molar-refractivity contribution in [1.29, 1.82) is 0 Å². The number of carbonyl (C=O) groups excluding carboxylic acids is 1. The predicted octanol–water partition coefficient (Wildman–Crippen LogP) is 2.60. The Hall–Kier alpha value is -3.54. The van der Waals surface area contributed by atoms with Gasteiger partial charge in [-0.15, -0.1) is 11.8 Å². The molecule has 11 heteroatoms. The number of thioether (sulfide) groups is 2. The second kappa shape index (κ2) is 9.25. The number of rotatable bonds is 6. The Bertz CT molecular complexity index is 1260. The van der Waals surface area contributed by atoms with E-state index in [0.29, 0.717) is 4.91 Å². The molecule has 1 amide bonds. The highest BCUT2D eigenvalue weighted by atomic mass is 32.2. The number of carbonyl (C=O) groups is 2. The van der Waals surface area contributed by atoms with E-state index in [-0.39, 0.29) is 28.5 Å². The summed E-state index contributed by atoms with van der Waals surface area (Å²) in [6.45, 7) is 0. The summed E-state index contributed by atoms with van der Waals surface area (Å²) in [5.74, 6) is -2.42. The molecule has 178 valence electrons. The molecule has 1 fully saturated rings. The second-order valence-corrected chi connectivity index (χ2v) is 10.3. The van der Waals surface area contributed by atoms with Crippen LogP contribution in [0.2, 0.25) is 0 Å². The van der Waals surface area contributed by atoms with Gasteiger partial charge in [0.25, 0.3) is 0 Å². The number of carboxylic acid groups (broad SMARTS) is 1. The minimum Gasteiger partial charge on any atom is -0.493 e. The Morgan fingerprint density at radius 3 is 2.20 bits per heavy atom. The molecule has 3 atom stereocenters. The lowest BCUT2D eigenvalue weighted by Gasteiger charge is -2.51. The summed E-state index contributed by atoms with van der Waals surface area (Å²) in [6.07, 6.45) is 0. The van der Waals surface area contributed by atoms with Gasteiger partial charge in [-0.2, -0.15) is 4.98 Å². The molecule has 9 nitrogen and oxygen atoms in total. The lowest BCUT2D eigenvalue weighted by molar-refractivity contribution is -0.147. The van der Waals surface area contributed by atoms with E-state index in [9.17, 15) is 19.8 Å². The van der Waals surface area contributed by atoms with Crippen LogP contribution >= 0.6 is 23.5 Å². The van der Waals surface area contributed by atoms with Gasteiger partial charge in [-0.1, -0.05) is 72.4 Å². The molecule has 6 N–H and O–H groups in total. The zero-order chi connectivity index (χ0) is 24.7. The van der Waals surface area contributed by atoms with E-state index in [4.69, 9.17) is 11.5 Å². The number of anilines is 1. The number of nitrogens with two attached hydrogens (primary N) is 2. The molecule has 0 radical (unpaired) electrons. The maximum Gasteiger partial charge on any atom is 0.353 e. The van der Waals surface area contributed by atoms with Gasteiger partial charge in [-0.3, -0.25) is 9.69 Å². The maximum absolute atomic E-state index is 12.6. The van der Waals surface area contributed by atoms with Crippen molar-refractivity contribution in [2.24, 2.45) is 5.73 Å². The van der Waals surface area contributed by atoms with E-state index in [2.05, 4.69) is 9.97 Å². The molecule has 2 aromatic carbocycles. The monoisotopic (exact) mass is 507 g/mol. The molecule has 2 aliphatic heterocycles. The van der Waals surface area contributed by atoms with Crippen molar-refractivity contribution in [2.75, 3.05) is 5.73 Å². The molecule has 1 aromatic heterocycles. The molecule has 3 unspecified atom stereocenters. The zero-order valence-electron chi connectivity index (χ0n) is 18.2. The molecule has 0 spiro atoms. The number of amides is 1. The Kier molecular flexibility index (Phi) is 6.13. The molecule has 0 aliphatic carbocycles. The third-order valence-electron chi connectivity index (χ3n) is 5.85. The standard InChI is InChI=1S/C24H21N5O4S2/c25-17-21(31)29-18(23(32)33)20(34-15-11-14(30)27-24(26)28-15)19(35-22(17)29)16(12-7-3-1-4-8-12)13-9-5-2-6-10-13/h1-11,16-17,19,22H,25H2,(H,32,33)(H3,26,27,28,30). The van der Waals surface area contributed by atoms with Gasteiger partial charge < -0.3 is 21.7 Å². The number of nitrogen functional groups attached to an aromatic ring is 1. The highest BCUT2D eigenvalue weighted by Gasteiger charge is 2.55. The minimum atomic E-state index is -1.24. The molecule has 3 heterocycles. The summed E-state index contributed by atoms with van der Waals surface area (Å²) in [5.41, 5.74) is 13.7. The summed E-state index contributed by atoms with van der Waals surface area (Å²) in [7, 11) is 0. The highest BCUT2D eigenvalue weighted by molar-refractivity contribution is 8.06. The van der Waals surface area contributed by atoms with Crippen molar-refractivity contribution in [1.82, 2.24) is 14.9 Å². The summed E-state index contributed by atoms with van der Waals surface area (Å²) < 4.78 is 0. The minimum absolute atomic E-state index is 0.135. The lowest BCUT2D eigenvalue weighted by atomic mass is 9.87. The van der Waals surface area contributed by atoms with Gasteiger partial charge in [0.15, 0.2) is 0 Å². The fourth-order valence-electron chi connectivity index (χ4n) is 4.34. The van der Waals surface area contributed by atoms with Gasteiger partial charge in [0.05, 0.1) is 5.25 Å². The molecule has 2 aliphatic rings. The maximum atomic E-state index is 12.6. The second-order valence-electron chi connectivity index (χ2n) is 8.02. The first-order valence-corrected chi connectivity index (χ1v) is 12.4. The Labute approximate surface area is 209 Å². The highest BCUT2D eigenvalue weighted by Crippen LogP contribution is 2.54. The fraction of sp³-hybridized carbons (Fsp3) is 0.167. The lowest BCUT2D eigenvalue weighted by Crippen LogP contribution is -2.69. The largest absolute Gasteiger partial charge is 0.493 e. The number of aromatic hydroxyl groups is 1. The van der Waals surface area contributed by atoms with Crippen molar-refractivity contribution in [3.05, 3.63) is 88.5 Å². The Morgan fingerprint density at radius 2 is 1.66 bits per heavy atom. The van der Waals surface area contributed by atoms with Crippen molar-refractivity contribution < 1.29 is 19.8 Å². The summed E-state index contributed by atoms with van der Waals surface area (Å²) in [6, 6.07) is 20.1. The van der Waals surface area contributed by atoms with E-state index in [0.717, 1.165) is 22.9 Å². The Balaban J connectivity index is 1.71. The van der Waals surface area contributed by atoms with Crippen LogP contribution in [-0.2, 0) is 9.59 Å². The quantitative estimate of drug-likeness (QED) is 0.289. The van der Waals surface area contributed by atoms with Crippen molar-refractivity contribution in [3.63, 3.8) is 0 Å². The van der Waals surface area contributed by atoms with Crippen LogP contribution in [0.3, 0.4) is 0 Å². The van der Waals surface area contributed by atoms with Crippen LogP contribution < -0.4 is 11.5 Å². The molecule has 1 saturated heterocycles. The van der Waals surface area contributed by atoms with E-state index in [1.54, 1.807) is 0 Å². The predicted molar refractivity (Wildman–Crippen MR) is 133 cm³/mol. The number of nitrogens with zero attached hydrogens (tertiary/aromatic N) is 3. The molecule has 3 aromatic rings. The number of β-lactam (4-membered cyclic amide) rings is 1. The summed E-state index contributed by atoms with van der Waals surface area (Å²) in [4.78, 5) is 34.7. The smallest absolute Gasteiger partial charge is 0.353 e. The molecule has 0 saturated carbocycles. The summed E-state index contributed by atoms with van der Waals surface area (Å²) in [5, 5.41) is 19.5. The number of carboxylic acids is 1. The molecule has 0 bridgehead atoms. The van der Waals surface area contributed by atoms with Gasteiger partial charge in [0, 0.05) is 16.9 Å². The van der Waals surface area contributed by atoms with Gasteiger partial charge in [-0.05, 0) is 11.1 Å². The number of aromatic nitrogens is 2. The van der Waals surface area contributed by atoms with Gasteiger partial charge >= 0.3 is 5.97 Å². The van der Waals surface area contributed by atoms with Crippen molar-refractivity contribution in [3.8, 4) is 5.88 Å². The van der Waals surface area contributed by atoms with E-state index in [1.807, 2.05) is 60.7 Å². The number of hydrogen-bond donors (Lipinski definition) is 4. The van der Waals surface area contributed by atoms with Crippen molar-refractivity contribution >= 4 is 41.3 Å². The summed E-state index contributed by atoms with van der Waals surface area (Å²) >= 11 is 2.50.